The molecule has 0 bridgehead atoms. The number of carbonyl (C=O) groups is 1. The Balaban J connectivity index is 1.58. The number of rotatable bonds is 7. The standard InChI is InChI=1S/C20H25N3O3S/c1-4-6-14-7-8-16(17(11-14)25-3)26-13-19(24)22-20-21-15-9-10-23(5-2)12-18(15)27-20/h4,6-8,11H,5,9-10,12-13H2,1-3H3,(H,21,22,24)/b6-4+. The number of methoxy groups -OCH3 is 1. The molecule has 1 aliphatic heterocycles. The maximum absolute atomic E-state index is 12.3. The molecule has 1 aromatic heterocycles. The highest BCUT2D eigenvalue weighted by Crippen LogP contribution is 2.30. The number of benzene rings is 1. The van der Waals surface area contributed by atoms with Gasteiger partial charge in [-0.3, -0.25) is 15.0 Å². The zero-order chi connectivity index (χ0) is 19.2. The van der Waals surface area contributed by atoms with E-state index >= 15 is 0 Å². The van der Waals surface area contributed by atoms with Crippen molar-refractivity contribution in [2.75, 3.05) is 32.1 Å². The summed E-state index contributed by atoms with van der Waals surface area (Å²) in [5, 5.41) is 3.49. The summed E-state index contributed by atoms with van der Waals surface area (Å²) in [6.45, 7) is 6.98. The number of fused-ring (bicyclic) bond motifs is 1. The van der Waals surface area contributed by atoms with Crippen molar-refractivity contribution in [1.82, 2.24) is 9.88 Å². The van der Waals surface area contributed by atoms with Gasteiger partial charge in [-0.25, -0.2) is 4.98 Å². The normalized spacial score (nSPS) is 14.2. The minimum atomic E-state index is -0.229. The monoisotopic (exact) mass is 387 g/mol. The second kappa shape index (κ2) is 9.01. The Morgan fingerprint density at radius 3 is 3.00 bits per heavy atom. The highest BCUT2D eigenvalue weighted by atomic mass is 32.1. The van der Waals surface area contributed by atoms with E-state index in [1.54, 1.807) is 18.4 Å². The van der Waals surface area contributed by atoms with Crippen LogP contribution in [0.25, 0.3) is 6.08 Å². The Morgan fingerprint density at radius 1 is 1.41 bits per heavy atom. The van der Waals surface area contributed by atoms with Crippen molar-refractivity contribution in [1.29, 1.82) is 0 Å². The van der Waals surface area contributed by atoms with E-state index in [9.17, 15) is 4.79 Å². The molecule has 27 heavy (non-hydrogen) atoms. The molecular weight excluding hydrogens is 362 g/mol. The smallest absolute Gasteiger partial charge is 0.264 e. The Morgan fingerprint density at radius 2 is 2.26 bits per heavy atom. The van der Waals surface area contributed by atoms with Crippen LogP contribution in [0.5, 0.6) is 11.5 Å². The van der Waals surface area contributed by atoms with Crippen LogP contribution < -0.4 is 14.8 Å². The van der Waals surface area contributed by atoms with Crippen molar-refractivity contribution in [2.24, 2.45) is 0 Å². The van der Waals surface area contributed by atoms with Crippen molar-refractivity contribution in [3.63, 3.8) is 0 Å². The molecule has 144 valence electrons. The number of ether oxygens (including phenoxy) is 2. The van der Waals surface area contributed by atoms with E-state index in [2.05, 4.69) is 22.1 Å². The number of aromatic nitrogens is 1. The molecule has 1 N–H and O–H groups in total. The minimum Gasteiger partial charge on any atom is -0.493 e. The number of hydrogen-bond acceptors (Lipinski definition) is 6. The average Bonchev–Trinajstić information content (AvgIpc) is 3.08. The highest BCUT2D eigenvalue weighted by molar-refractivity contribution is 7.15. The fourth-order valence-electron chi connectivity index (χ4n) is 2.97. The number of nitrogens with one attached hydrogen (secondary N) is 1. The van der Waals surface area contributed by atoms with Crippen molar-refractivity contribution in [3.05, 3.63) is 40.4 Å². The largest absolute Gasteiger partial charge is 0.493 e. The molecule has 1 aliphatic rings. The second-order valence-corrected chi connectivity index (χ2v) is 7.34. The maximum Gasteiger partial charge on any atom is 0.264 e. The zero-order valence-electron chi connectivity index (χ0n) is 15.9. The fourth-order valence-corrected chi connectivity index (χ4v) is 4.04. The number of amides is 1. The van der Waals surface area contributed by atoms with Crippen LogP contribution >= 0.6 is 11.3 Å². The molecule has 1 amide bonds. The molecule has 1 aromatic carbocycles. The van der Waals surface area contributed by atoms with Crippen LogP contribution in [0.1, 0.15) is 30.0 Å². The third kappa shape index (κ3) is 4.87. The van der Waals surface area contributed by atoms with Crippen LogP contribution in [0, 0.1) is 0 Å². The second-order valence-electron chi connectivity index (χ2n) is 6.25. The van der Waals surface area contributed by atoms with Gasteiger partial charge in [-0.2, -0.15) is 0 Å². The Bertz CT molecular complexity index is 832. The molecule has 2 heterocycles. The molecule has 0 spiro atoms. The van der Waals surface area contributed by atoms with Crippen LogP contribution in [0.3, 0.4) is 0 Å². The molecule has 0 aliphatic carbocycles. The predicted molar refractivity (Wildman–Crippen MR) is 109 cm³/mol. The van der Waals surface area contributed by atoms with Gasteiger partial charge in [0.25, 0.3) is 5.91 Å². The van der Waals surface area contributed by atoms with E-state index in [-0.39, 0.29) is 12.5 Å². The van der Waals surface area contributed by atoms with E-state index < -0.39 is 0 Å². The number of likely N-dealkylation sites (N-methyl/N-ethyl adjacent to an activating group) is 1. The van der Waals surface area contributed by atoms with E-state index in [4.69, 9.17) is 9.47 Å². The number of carbonyl (C=O) groups excluding carboxylic acids is 1. The molecule has 6 nitrogen and oxygen atoms in total. The van der Waals surface area contributed by atoms with Crippen LogP contribution in [0.15, 0.2) is 24.3 Å². The van der Waals surface area contributed by atoms with Gasteiger partial charge in [-0.05, 0) is 31.2 Å². The summed E-state index contributed by atoms with van der Waals surface area (Å²) < 4.78 is 11.0. The molecule has 0 atom stereocenters. The molecule has 7 heteroatoms. The number of nitrogens with zero attached hydrogens (tertiary/aromatic N) is 2. The predicted octanol–water partition coefficient (Wildman–Crippen LogP) is 3.58. The number of allylic oxidation sites excluding steroid dienone is 1. The highest BCUT2D eigenvalue weighted by Gasteiger charge is 2.20. The van der Waals surface area contributed by atoms with Crippen molar-refractivity contribution >= 4 is 28.5 Å². The summed E-state index contributed by atoms with van der Waals surface area (Å²) >= 11 is 1.55. The van der Waals surface area contributed by atoms with Crippen LogP contribution in [-0.2, 0) is 17.8 Å². The van der Waals surface area contributed by atoms with E-state index in [1.165, 1.54) is 4.88 Å². The first-order chi connectivity index (χ1) is 13.1. The van der Waals surface area contributed by atoms with Crippen molar-refractivity contribution in [3.8, 4) is 11.5 Å². The lowest BCUT2D eigenvalue weighted by molar-refractivity contribution is -0.118. The third-order valence-electron chi connectivity index (χ3n) is 4.41. The number of thiazole rings is 1. The van der Waals surface area contributed by atoms with E-state index in [1.807, 2.05) is 37.3 Å². The molecule has 2 aromatic rings. The first-order valence-corrected chi connectivity index (χ1v) is 9.89. The van der Waals surface area contributed by atoms with Gasteiger partial charge in [0, 0.05) is 24.4 Å². The summed E-state index contributed by atoms with van der Waals surface area (Å²) in [7, 11) is 1.58. The third-order valence-corrected chi connectivity index (χ3v) is 5.41. The molecule has 0 radical (unpaired) electrons. The summed E-state index contributed by atoms with van der Waals surface area (Å²) in [6.07, 6.45) is 4.86. The summed E-state index contributed by atoms with van der Waals surface area (Å²) in [4.78, 5) is 20.4. The van der Waals surface area contributed by atoms with Gasteiger partial charge in [0.15, 0.2) is 23.2 Å². The summed E-state index contributed by atoms with van der Waals surface area (Å²) in [6, 6.07) is 5.61. The Kier molecular flexibility index (Phi) is 6.47. The fraction of sp³-hybridized carbons (Fsp3) is 0.400. The first kappa shape index (κ1) is 19.4. The van der Waals surface area contributed by atoms with Gasteiger partial charge >= 0.3 is 0 Å². The maximum atomic E-state index is 12.3. The lowest BCUT2D eigenvalue weighted by atomic mass is 10.2. The average molecular weight is 388 g/mol. The summed E-state index contributed by atoms with van der Waals surface area (Å²) in [5.74, 6) is 0.911. The van der Waals surface area contributed by atoms with Gasteiger partial charge in [0.05, 0.1) is 12.8 Å². The zero-order valence-corrected chi connectivity index (χ0v) is 16.8. The van der Waals surface area contributed by atoms with E-state index in [0.717, 1.165) is 37.3 Å². The lowest BCUT2D eigenvalue weighted by Crippen LogP contribution is -2.29. The number of hydrogen-bond donors (Lipinski definition) is 1. The molecule has 3 rings (SSSR count). The van der Waals surface area contributed by atoms with Gasteiger partial charge in [0.2, 0.25) is 0 Å². The van der Waals surface area contributed by atoms with Gasteiger partial charge in [0.1, 0.15) is 0 Å². The van der Waals surface area contributed by atoms with Crippen LogP contribution in [-0.4, -0.2) is 42.6 Å². The topological polar surface area (TPSA) is 63.7 Å². The van der Waals surface area contributed by atoms with Gasteiger partial charge in [-0.1, -0.05) is 25.1 Å². The molecule has 0 saturated carbocycles. The van der Waals surface area contributed by atoms with E-state index in [0.29, 0.717) is 16.6 Å². The quantitative estimate of drug-likeness (QED) is 0.787. The SMILES string of the molecule is C/C=C/c1ccc(OCC(=O)Nc2nc3c(s2)CN(CC)CC3)c(OC)c1. The van der Waals surface area contributed by atoms with Gasteiger partial charge in [-0.15, -0.1) is 11.3 Å². The molecule has 0 unspecified atom stereocenters. The minimum absolute atomic E-state index is 0.0926. The van der Waals surface area contributed by atoms with Crippen LogP contribution in [0.2, 0.25) is 0 Å². The molecule has 0 fully saturated rings. The first-order valence-electron chi connectivity index (χ1n) is 9.07. The number of anilines is 1. The molecule has 0 saturated heterocycles. The Labute approximate surface area is 163 Å². The van der Waals surface area contributed by atoms with Crippen molar-refractivity contribution in [2.45, 2.75) is 26.8 Å². The lowest BCUT2D eigenvalue weighted by Gasteiger charge is -2.23. The van der Waals surface area contributed by atoms with Crippen LogP contribution in [0.4, 0.5) is 5.13 Å². The van der Waals surface area contributed by atoms with Gasteiger partial charge < -0.3 is 9.47 Å². The van der Waals surface area contributed by atoms with Crippen molar-refractivity contribution < 1.29 is 14.3 Å². The Hall–Kier alpha value is -2.38. The molecular formula is C20H25N3O3S. The summed E-state index contributed by atoms with van der Waals surface area (Å²) in [5.41, 5.74) is 2.11.